The Hall–Kier alpha value is -2.08. The molecule has 0 aromatic rings. The Morgan fingerprint density at radius 1 is 0.370 bits per heavy atom. The van der Waals surface area contributed by atoms with Crippen LogP contribution in [0.25, 0.3) is 0 Å². The van der Waals surface area contributed by atoms with E-state index in [0.717, 1.165) is 0 Å². The van der Waals surface area contributed by atoms with Crippen molar-refractivity contribution in [3.05, 3.63) is 0 Å². The van der Waals surface area contributed by atoms with Crippen LogP contribution in [-0.4, -0.2) is 126 Å². The summed E-state index contributed by atoms with van der Waals surface area (Å²) in [4.78, 5) is 0. The fraction of sp³-hybridized carbons (Fsp3) is 1.00. The first kappa shape index (κ1) is 56.3. The van der Waals surface area contributed by atoms with Crippen LogP contribution >= 0.6 is 0 Å². The van der Waals surface area contributed by atoms with Crippen LogP contribution in [0, 0.1) is 0 Å². The van der Waals surface area contributed by atoms with Gasteiger partial charge in [-0.1, -0.05) is 0 Å². The largest absolute Gasteiger partial charge is 0.460 e. The molecule has 0 aliphatic carbocycles. The molecule has 36 heteroatoms. The normalized spacial score (nSPS) is 15.7. The standard InChI is InChI=1S/2C8H5F13O3S.C2H6O2/c2*9-3(10,1-2-25(22,23)24)4(11,12)5(13,14)6(15,16)7(17,18)8(19,20)21;1-2(3)4/h2*1-2H2,(H,22,23,24);2-4H,1H3. The Bertz CT molecular complexity index is 1340. The summed E-state index contributed by atoms with van der Waals surface area (Å²) in [5.74, 6) is -80.7. The summed E-state index contributed by atoms with van der Waals surface area (Å²) in [6.07, 6.45) is -22.2. The van der Waals surface area contributed by atoms with Gasteiger partial charge in [0.1, 0.15) is 6.29 Å². The lowest BCUT2D eigenvalue weighted by Gasteiger charge is -2.39. The minimum atomic E-state index is -8.04. The van der Waals surface area contributed by atoms with Crippen LogP contribution in [0.2, 0.25) is 0 Å². The van der Waals surface area contributed by atoms with E-state index in [9.17, 15) is 131 Å². The smallest absolute Gasteiger partial charge is 0.368 e. The summed E-state index contributed by atoms with van der Waals surface area (Å²) in [6, 6.07) is 0. The highest BCUT2D eigenvalue weighted by Crippen LogP contribution is 2.62. The van der Waals surface area contributed by atoms with E-state index in [-0.39, 0.29) is 0 Å². The number of hydrogen-bond acceptors (Lipinski definition) is 6. The monoisotopic (exact) mass is 918 g/mol. The van der Waals surface area contributed by atoms with Crippen molar-refractivity contribution in [1.29, 1.82) is 0 Å². The van der Waals surface area contributed by atoms with Gasteiger partial charge in [-0.3, -0.25) is 9.11 Å². The second-order valence-electron chi connectivity index (χ2n) is 9.70. The first-order valence-corrected chi connectivity index (χ1v) is 15.0. The first-order valence-electron chi connectivity index (χ1n) is 11.8. The highest BCUT2D eigenvalue weighted by atomic mass is 32.2. The topological polar surface area (TPSA) is 149 Å². The van der Waals surface area contributed by atoms with Crippen molar-refractivity contribution in [3.8, 4) is 0 Å². The lowest BCUT2D eigenvalue weighted by atomic mass is 9.93. The Kier molecular flexibility index (Phi) is 16.7. The SMILES string of the molecule is CC(O)O.O=S(=O)(O)CCC(F)(F)C(F)(F)C(F)(F)C(F)(F)C(F)(F)C(F)(F)F.O=S(=O)(O)CCC(F)(F)C(F)(F)C(F)(F)C(F)(F)C(F)(F)C(F)(F)F. The molecule has 0 spiro atoms. The van der Waals surface area contributed by atoms with Crippen molar-refractivity contribution in [3.63, 3.8) is 0 Å². The molecule has 0 aliphatic heterocycles. The number of alkyl halides is 26. The zero-order valence-electron chi connectivity index (χ0n) is 24.5. The van der Waals surface area contributed by atoms with E-state index >= 15 is 0 Å². The number of aliphatic hydroxyl groups excluding tert-OH is 1. The Morgan fingerprint density at radius 2 is 0.519 bits per heavy atom. The summed E-state index contributed by atoms with van der Waals surface area (Å²) >= 11 is 0. The van der Waals surface area contributed by atoms with Gasteiger partial charge in [-0.15, -0.1) is 0 Å². The number of halogens is 26. The number of hydrogen-bond donors (Lipinski definition) is 4. The van der Waals surface area contributed by atoms with E-state index in [2.05, 4.69) is 0 Å². The third-order valence-corrected chi connectivity index (χ3v) is 6.78. The second-order valence-corrected chi connectivity index (χ2v) is 12.8. The summed E-state index contributed by atoms with van der Waals surface area (Å²) in [6.45, 7) is 1.28. The average molecular weight is 918 g/mol. The van der Waals surface area contributed by atoms with Gasteiger partial charge in [0, 0.05) is 12.8 Å². The van der Waals surface area contributed by atoms with Crippen molar-refractivity contribution < 1.29 is 150 Å². The van der Waals surface area contributed by atoms with Crippen LogP contribution in [0.3, 0.4) is 0 Å². The zero-order valence-corrected chi connectivity index (χ0v) is 26.1. The predicted molar refractivity (Wildman–Crippen MR) is 118 cm³/mol. The van der Waals surface area contributed by atoms with Gasteiger partial charge >= 0.3 is 71.6 Å². The van der Waals surface area contributed by atoms with Crippen molar-refractivity contribution >= 4 is 20.2 Å². The molecule has 54 heavy (non-hydrogen) atoms. The molecule has 4 N–H and O–H groups in total. The lowest BCUT2D eigenvalue weighted by Crippen LogP contribution is -2.70. The van der Waals surface area contributed by atoms with Crippen molar-refractivity contribution in [1.82, 2.24) is 0 Å². The molecular formula is C18H16F26O8S2. The minimum Gasteiger partial charge on any atom is -0.368 e. The van der Waals surface area contributed by atoms with Gasteiger partial charge in [0.2, 0.25) is 0 Å². The lowest BCUT2D eigenvalue weighted by molar-refractivity contribution is -0.439. The molecule has 0 radical (unpaired) electrons. The third kappa shape index (κ3) is 11.5. The molecular weight excluding hydrogens is 902 g/mol. The van der Waals surface area contributed by atoms with E-state index in [0.29, 0.717) is 0 Å². The van der Waals surface area contributed by atoms with Crippen LogP contribution in [0.4, 0.5) is 114 Å². The molecule has 0 aromatic heterocycles. The first-order chi connectivity index (χ1) is 22.6. The predicted octanol–water partition coefficient (Wildman–Crippen LogP) is 7.32. The molecule has 0 atom stereocenters. The van der Waals surface area contributed by atoms with Gasteiger partial charge in [-0.25, -0.2) is 0 Å². The van der Waals surface area contributed by atoms with Crippen LogP contribution in [0.5, 0.6) is 0 Å². The van der Waals surface area contributed by atoms with Gasteiger partial charge in [0.25, 0.3) is 20.2 Å². The molecule has 0 heterocycles. The van der Waals surface area contributed by atoms with Crippen LogP contribution < -0.4 is 0 Å². The molecule has 0 rings (SSSR count). The molecule has 0 unspecified atom stereocenters. The molecule has 0 amide bonds. The average Bonchev–Trinajstić information content (AvgIpc) is 2.88. The van der Waals surface area contributed by atoms with Gasteiger partial charge < -0.3 is 10.2 Å². The molecule has 8 nitrogen and oxygen atoms in total. The molecule has 0 saturated heterocycles. The molecule has 0 fully saturated rings. The quantitative estimate of drug-likeness (QED) is 0.0805. The highest BCUT2D eigenvalue weighted by Gasteiger charge is 2.92. The van der Waals surface area contributed by atoms with Crippen LogP contribution in [0.1, 0.15) is 19.8 Å². The molecule has 0 aromatic carbocycles. The molecule has 0 saturated carbocycles. The van der Waals surface area contributed by atoms with Gasteiger partial charge in [0.05, 0.1) is 11.5 Å². The van der Waals surface area contributed by atoms with E-state index in [1.54, 1.807) is 0 Å². The number of aliphatic hydroxyl groups is 2. The maximum atomic E-state index is 13.0. The Labute approximate surface area is 280 Å². The number of rotatable bonds is 14. The Balaban J connectivity index is -0.000000875. The second kappa shape index (κ2) is 16.0. The van der Waals surface area contributed by atoms with Crippen LogP contribution in [0.15, 0.2) is 0 Å². The van der Waals surface area contributed by atoms with E-state index in [1.165, 1.54) is 6.92 Å². The summed E-state index contributed by atoms with van der Waals surface area (Å²) in [7, 11) is -11.0. The maximum Gasteiger partial charge on any atom is 0.460 e. The summed E-state index contributed by atoms with van der Waals surface area (Å²) in [5, 5.41) is 15.2. The van der Waals surface area contributed by atoms with Gasteiger partial charge in [-0.2, -0.15) is 131 Å². The van der Waals surface area contributed by atoms with Gasteiger partial charge in [-0.05, 0) is 6.92 Å². The van der Waals surface area contributed by atoms with Crippen molar-refractivity contribution in [2.45, 2.75) is 97.6 Å². The summed E-state index contributed by atoms with van der Waals surface area (Å²) < 4.78 is 384. The van der Waals surface area contributed by atoms with Gasteiger partial charge in [0.15, 0.2) is 0 Å². The molecule has 0 bridgehead atoms. The summed E-state index contributed by atoms with van der Waals surface area (Å²) in [5.41, 5.74) is 0. The minimum absolute atomic E-state index is 1.17. The fourth-order valence-corrected chi connectivity index (χ4v) is 3.46. The fourth-order valence-electron chi connectivity index (χ4n) is 2.43. The molecule has 0 aliphatic rings. The van der Waals surface area contributed by atoms with E-state index in [1.807, 2.05) is 0 Å². The van der Waals surface area contributed by atoms with E-state index < -0.39 is 122 Å². The zero-order chi connectivity index (χ0) is 45.4. The Morgan fingerprint density at radius 3 is 0.648 bits per heavy atom. The van der Waals surface area contributed by atoms with E-state index in [4.69, 9.17) is 19.3 Å². The van der Waals surface area contributed by atoms with Crippen LogP contribution in [-0.2, 0) is 20.2 Å². The highest BCUT2D eigenvalue weighted by molar-refractivity contribution is 7.86. The third-order valence-electron chi connectivity index (χ3n) is 5.34. The van der Waals surface area contributed by atoms with Crippen molar-refractivity contribution in [2.75, 3.05) is 11.5 Å². The molecule has 330 valence electrons. The maximum absolute atomic E-state index is 13.0. The van der Waals surface area contributed by atoms with Crippen molar-refractivity contribution in [2.24, 2.45) is 0 Å².